The van der Waals surface area contributed by atoms with Crippen LogP contribution in [0.4, 0.5) is 0 Å². The van der Waals surface area contributed by atoms with E-state index in [1.54, 1.807) is 25.3 Å². The second-order valence-electron chi connectivity index (χ2n) is 5.22. The summed E-state index contributed by atoms with van der Waals surface area (Å²) in [4.78, 5) is 17.4. The number of hydrogen-bond donors (Lipinski definition) is 0. The number of amides is 1. The second-order valence-corrected chi connectivity index (χ2v) is 8.01. The molecule has 0 aliphatic heterocycles. The molecule has 0 atom stereocenters. The molecule has 0 aliphatic rings. The van der Waals surface area contributed by atoms with Crippen LogP contribution in [-0.4, -0.2) is 24.2 Å². The number of halogens is 3. The van der Waals surface area contributed by atoms with Crippen LogP contribution in [0.5, 0.6) is 0 Å². The van der Waals surface area contributed by atoms with Gasteiger partial charge in [-0.1, -0.05) is 50.5 Å². The molecule has 25 heavy (non-hydrogen) atoms. The molecule has 3 aromatic rings. The SMILES string of the molecule is COCCn1c(=NC(=O)c2cc(Cl)cc(Cl)c2)sc2cc(Br)ccc21. The van der Waals surface area contributed by atoms with E-state index in [1.165, 1.54) is 11.3 Å². The molecule has 4 nitrogen and oxygen atoms in total. The fourth-order valence-corrected chi connectivity index (χ4v) is 4.49. The first-order valence-corrected chi connectivity index (χ1v) is 9.67. The van der Waals surface area contributed by atoms with Gasteiger partial charge in [0.15, 0.2) is 4.80 Å². The first-order valence-electron chi connectivity index (χ1n) is 7.31. The van der Waals surface area contributed by atoms with E-state index in [2.05, 4.69) is 20.9 Å². The Bertz CT molecular complexity index is 993. The lowest BCUT2D eigenvalue weighted by atomic mass is 10.2. The zero-order valence-corrected chi connectivity index (χ0v) is 17.0. The Balaban J connectivity index is 2.12. The molecule has 1 aromatic heterocycles. The third-order valence-corrected chi connectivity index (χ3v) is 5.44. The number of rotatable bonds is 4. The second kappa shape index (κ2) is 8.01. The fraction of sp³-hybridized carbons (Fsp3) is 0.176. The molecule has 3 rings (SSSR count). The van der Waals surface area contributed by atoms with Crippen LogP contribution in [0.25, 0.3) is 10.2 Å². The molecule has 2 aromatic carbocycles. The Hall–Kier alpha value is -1.18. The Kier molecular flexibility index (Phi) is 5.96. The minimum absolute atomic E-state index is 0.356. The summed E-state index contributed by atoms with van der Waals surface area (Å²) in [5, 5.41) is 0.803. The van der Waals surface area contributed by atoms with Gasteiger partial charge in [-0.15, -0.1) is 0 Å². The van der Waals surface area contributed by atoms with Crippen LogP contribution in [0.3, 0.4) is 0 Å². The van der Waals surface area contributed by atoms with Crippen molar-refractivity contribution in [1.82, 2.24) is 4.57 Å². The van der Waals surface area contributed by atoms with Crippen LogP contribution in [0.1, 0.15) is 10.4 Å². The molecule has 0 spiro atoms. The van der Waals surface area contributed by atoms with Crippen molar-refractivity contribution in [2.75, 3.05) is 13.7 Å². The van der Waals surface area contributed by atoms with Gasteiger partial charge in [0.2, 0.25) is 0 Å². The molecule has 0 fully saturated rings. The summed E-state index contributed by atoms with van der Waals surface area (Å²) in [7, 11) is 1.64. The normalized spacial score (nSPS) is 12.1. The van der Waals surface area contributed by atoms with Gasteiger partial charge in [-0.3, -0.25) is 4.79 Å². The van der Waals surface area contributed by atoms with E-state index < -0.39 is 0 Å². The number of nitrogens with zero attached hydrogens (tertiary/aromatic N) is 2. The molecule has 0 radical (unpaired) electrons. The lowest BCUT2D eigenvalue weighted by molar-refractivity contribution is 0.0997. The van der Waals surface area contributed by atoms with E-state index in [0.717, 1.165) is 14.7 Å². The molecule has 0 bridgehead atoms. The Morgan fingerprint density at radius 1 is 1.24 bits per heavy atom. The molecule has 0 saturated carbocycles. The van der Waals surface area contributed by atoms with Gasteiger partial charge in [0.1, 0.15) is 0 Å². The third-order valence-electron chi connectivity index (χ3n) is 3.47. The predicted octanol–water partition coefficient (Wildman–Crippen LogP) is 5.16. The highest BCUT2D eigenvalue weighted by molar-refractivity contribution is 9.10. The highest BCUT2D eigenvalue weighted by Gasteiger charge is 2.11. The fourth-order valence-electron chi connectivity index (χ4n) is 2.36. The molecular weight excluding hydrogens is 447 g/mol. The number of fused-ring (bicyclic) bond motifs is 1. The van der Waals surface area contributed by atoms with E-state index in [4.69, 9.17) is 27.9 Å². The van der Waals surface area contributed by atoms with Crippen LogP contribution >= 0.6 is 50.5 Å². The van der Waals surface area contributed by atoms with Crippen molar-refractivity contribution in [2.45, 2.75) is 6.54 Å². The largest absolute Gasteiger partial charge is 0.383 e. The van der Waals surface area contributed by atoms with Gasteiger partial charge in [0.25, 0.3) is 5.91 Å². The number of aromatic nitrogens is 1. The Morgan fingerprint density at radius 2 is 1.96 bits per heavy atom. The van der Waals surface area contributed by atoms with Crippen molar-refractivity contribution in [3.05, 3.63) is 61.3 Å². The highest BCUT2D eigenvalue weighted by Crippen LogP contribution is 2.23. The van der Waals surface area contributed by atoms with Crippen molar-refractivity contribution < 1.29 is 9.53 Å². The minimum Gasteiger partial charge on any atom is -0.383 e. The lowest BCUT2D eigenvalue weighted by Gasteiger charge is -2.04. The maximum atomic E-state index is 12.6. The van der Waals surface area contributed by atoms with Crippen LogP contribution in [0, 0.1) is 0 Å². The monoisotopic (exact) mass is 458 g/mol. The first-order chi connectivity index (χ1) is 12.0. The van der Waals surface area contributed by atoms with Crippen molar-refractivity contribution in [2.24, 2.45) is 4.99 Å². The van der Waals surface area contributed by atoms with Crippen LogP contribution in [-0.2, 0) is 11.3 Å². The summed E-state index contributed by atoms with van der Waals surface area (Å²) < 4.78 is 9.15. The number of carbonyl (C=O) groups is 1. The predicted molar refractivity (Wildman–Crippen MR) is 106 cm³/mol. The molecule has 0 unspecified atom stereocenters. The van der Waals surface area contributed by atoms with Crippen molar-refractivity contribution >= 4 is 66.6 Å². The zero-order chi connectivity index (χ0) is 18.0. The number of benzene rings is 2. The number of methoxy groups -OCH3 is 1. The van der Waals surface area contributed by atoms with E-state index in [-0.39, 0.29) is 5.91 Å². The number of thiazole rings is 1. The van der Waals surface area contributed by atoms with Gasteiger partial charge < -0.3 is 9.30 Å². The van der Waals surface area contributed by atoms with Gasteiger partial charge in [0.05, 0.1) is 16.8 Å². The minimum atomic E-state index is -0.388. The summed E-state index contributed by atoms with van der Waals surface area (Å²) in [6, 6.07) is 10.6. The molecular formula is C17H13BrCl2N2O2S. The van der Waals surface area contributed by atoms with Crippen molar-refractivity contribution in [1.29, 1.82) is 0 Å². The molecule has 1 amide bonds. The average molecular weight is 460 g/mol. The molecule has 130 valence electrons. The highest BCUT2D eigenvalue weighted by atomic mass is 79.9. The van der Waals surface area contributed by atoms with E-state index >= 15 is 0 Å². The maximum absolute atomic E-state index is 12.6. The molecule has 0 saturated heterocycles. The topological polar surface area (TPSA) is 43.6 Å². The summed E-state index contributed by atoms with van der Waals surface area (Å²) in [6.07, 6.45) is 0. The molecule has 0 N–H and O–H groups in total. The van der Waals surface area contributed by atoms with Gasteiger partial charge >= 0.3 is 0 Å². The van der Waals surface area contributed by atoms with E-state index in [1.807, 2.05) is 22.8 Å². The number of hydrogen-bond acceptors (Lipinski definition) is 3. The van der Waals surface area contributed by atoms with Crippen molar-refractivity contribution in [3.63, 3.8) is 0 Å². The van der Waals surface area contributed by atoms with E-state index in [0.29, 0.717) is 33.6 Å². The third kappa shape index (κ3) is 4.33. The summed E-state index contributed by atoms with van der Waals surface area (Å²) in [5.74, 6) is -0.388. The standard InChI is InChI=1S/C17H13BrCl2N2O2S/c1-24-5-4-22-14-3-2-11(18)8-15(14)25-17(22)21-16(23)10-6-12(19)9-13(20)7-10/h2-3,6-9H,4-5H2,1H3. The Morgan fingerprint density at radius 3 is 2.64 bits per heavy atom. The summed E-state index contributed by atoms with van der Waals surface area (Å²) in [5.41, 5.74) is 1.36. The zero-order valence-electron chi connectivity index (χ0n) is 13.1. The molecule has 0 aliphatic carbocycles. The van der Waals surface area contributed by atoms with Crippen LogP contribution < -0.4 is 4.80 Å². The quantitative estimate of drug-likeness (QED) is 0.540. The average Bonchev–Trinajstić information content (AvgIpc) is 2.88. The number of carbonyl (C=O) groups excluding carboxylic acids is 1. The van der Waals surface area contributed by atoms with Crippen LogP contribution in [0.2, 0.25) is 10.0 Å². The summed E-state index contributed by atoms with van der Waals surface area (Å²) in [6.45, 7) is 1.12. The molecule has 1 heterocycles. The maximum Gasteiger partial charge on any atom is 0.279 e. The van der Waals surface area contributed by atoms with Gasteiger partial charge in [0, 0.05) is 33.7 Å². The van der Waals surface area contributed by atoms with Gasteiger partial charge in [-0.2, -0.15) is 4.99 Å². The smallest absolute Gasteiger partial charge is 0.279 e. The lowest BCUT2D eigenvalue weighted by Crippen LogP contribution is -2.19. The van der Waals surface area contributed by atoms with Gasteiger partial charge in [-0.25, -0.2) is 0 Å². The first kappa shape index (κ1) is 18.6. The molecule has 8 heteroatoms. The van der Waals surface area contributed by atoms with Gasteiger partial charge in [-0.05, 0) is 36.4 Å². The van der Waals surface area contributed by atoms with E-state index in [9.17, 15) is 4.79 Å². The number of ether oxygens (including phenoxy) is 1. The summed E-state index contributed by atoms with van der Waals surface area (Å²) >= 11 is 16.9. The Labute approximate surface area is 166 Å². The van der Waals surface area contributed by atoms with Crippen molar-refractivity contribution in [3.8, 4) is 0 Å². The van der Waals surface area contributed by atoms with Crippen LogP contribution in [0.15, 0.2) is 45.9 Å².